The average Bonchev–Trinajstić information content (AvgIpc) is 2.73. The second-order valence-corrected chi connectivity index (χ2v) is 6.26. The third-order valence-electron chi connectivity index (χ3n) is 4.37. The van der Waals surface area contributed by atoms with Crippen LogP contribution in [-0.4, -0.2) is 32.1 Å². The fourth-order valence-corrected chi connectivity index (χ4v) is 2.89. The van der Waals surface area contributed by atoms with E-state index in [1.165, 1.54) is 7.11 Å². The fraction of sp³-hybridized carbons (Fsp3) is 0.350. The van der Waals surface area contributed by atoms with Crippen LogP contribution in [0.15, 0.2) is 42.5 Å². The molecule has 0 saturated carbocycles. The highest BCUT2D eigenvalue weighted by molar-refractivity contribution is 6.60. The van der Waals surface area contributed by atoms with E-state index in [1.54, 1.807) is 36.4 Å². The van der Waals surface area contributed by atoms with Gasteiger partial charge in [-0.3, -0.25) is 0 Å². The molecule has 0 bridgehead atoms. The summed E-state index contributed by atoms with van der Waals surface area (Å²) in [4.78, 5) is 3.37. The molecule has 140 valence electrons. The highest BCUT2D eigenvalue weighted by Crippen LogP contribution is 2.25. The van der Waals surface area contributed by atoms with Crippen LogP contribution in [0.25, 0.3) is 4.85 Å². The van der Waals surface area contributed by atoms with Gasteiger partial charge in [0.25, 0.3) is 0 Å². The van der Waals surface area contributed by atoms with Crippen LogP contribution in [0.5, 0.6) is 11.5 Å². The van der Waals surface area contributed by atoms with Crippen molar-refractivity contribution in [3.8, 4) is 11.5 Å². The van der Waals surface area contributed by atoms with Gasteiger partial charge in [-0.05, 0) is 54.6 Å². The molecule has 1 heterocycles. The van der Waals surface area contributed by atoms with Gasteiger partial charge in [0.05, 0.1) is 13.2 Å². The molecule has 0 aromatic heterocycles. The average molecular weight is 367 g/mol. The number of hydrogen-bond donors (Lipinski definition) is 1. The normalized spacial score (nSPS) is 16.6. The molecule has 1 fully saturated rings. The lowest BCUT2D eigenvalue weighted by Crippen LogP contribution is -2.36. The molecular weight excluding hydrogens is 345 g/mol. The second kappa shape index (κ2) is 9.54. The molecule has 6 nitrogen and oxygen atoms in total. The summed E-state index contributed by atoms with van der Waals surface area (Å²) in [5.74, 6) is 1.24. The van der Waals surface area contributed by atoms with Crippen molar-refractivity contribution in [1.82, 2.24) is 0 Å². The molecule has 1 unspecified atom stereocenters. The molecule has 1 saturated heterocycles. The Morgan fingerprint density at radius 1 is 1.19 bits per heavy atom. The Hall–Kier alpha value is -2.37. The largest absolute Gasteiger partial charge is 0.491 e. The van der Waals surface area contributed by atoms with Gasteiger partial charge in [-0.25, -0.2) is 4.85 Å². The van der Waals surface area contributed by atoms with Crippen molar-refractivity contribution >= 4 is 18.3 Å². The molecule has 1 atom stereocenters. The molecule has 0 spiro atoms. The van der Waals surface area contributed by atoms with Crippen molar-refractivity contribution in [2.75, 3.05) is 13.7 Å². The van der Waals surface area contributed by atoms with Crippen LogP contribution < -0.4 is 10.2 Å². The Kier molecular flexibility index (Phi) is 6.85. The fourth-order valence-electron chi connectivity index (χ4n) is 2.89. The third-order valence-corrected chi connectivity index (χ3v) is 4.37. The van der Waals surface area contributed by atoms with Crippen LogP contribution in [-0.2, 0) is 20.7 Å². The monoisotopic (exact) mass is 367 g/mol. The first kappa shape index (κ1) is 19.4. The molecule has 27 heavy (non-hydrogen) atoms. The number of benzene rings is 2. The summed E-state index contributed by atoms with van der Waals surface area (Å²) in [6.45, 7) is 8.00. The maximum absolute atomic E-state index is 10.1. The van der Waals surface area contributed by atoms with E-state index in [-0.39, 0.29) is 12.9 Å². The first-order chi connectivity index (χ1) is 13.2. The first-order valence-electron chi connectivity index (χ1n) is 8.92. The highest BCUT2D eigenvalue weighted by atomic mass is 16.7. The van der Waals surface area contributed by atoms with E-state index in [1.807, 2.05) is 6.07 Å². The summed E-state index contributed by atoms with van der Waals surface area (Å²) in [7, 11) is 0.408. The van der Waals surface area contributed by atoms with E-state index < -0.39 is 7.12 Å². The van der Waals surface area contributed by atoms with Crippen molar-refractivity contribution in [1.29, 1.82) is 0 Å². The zero-order valence-electron chi connectivity index (χ0n) is 15.3. The Morgan fingerprint density at radius 2 is 1.96 bits per heavy atom. The molecule has 0 aliphatic carbocycles. The molecule has 1 aliphatic heterocycles. The Labute approximate surface area is 159 Å². The van der Waals surface area contributed by atoms with E-state index in [9.17, 15) is 5.02 Å². The minimum Gasteiger partial charge on any atom is -0.457 e. The molecule has 1 N–H and O–H groups in total. The molecule has 2 aromatic carbocycles. The maximum Gasteiger partial charge on any atom is 0.491 e. The minimum absolute atomic E-state index is 0.225. The molecule has 3 rings (SSSR count). The van der Waals surface area contributed by atoms with Crippen molar-refractivity contribution in [3.63, 3.8) is 0 Å². The quantitative estimate of drug-likeness (QED) is 0.600. The standard InChI is InChI=1S/C20H22BNO5/c1-22-16-6-8-17(9-7-16)27-18-10-11-19(21(23)24-2)15(13-18)14-26-20-5-3-4-12-25-20/h6-11,13,20,23H,3-5,12,14H2,2H3. The summed E-state index contributed by atoms with van der Waals surface area (Å²) < 4.78 is 22.4. The highest BCUT2D eigenvalue weighted by Gasteiger charge is 2.21. The molecule has 2 aromatic rings. The lowest BCUT2D eigenvalue weighted by atomic mass is 9.76. The van der Waals surface area contributed by atoms with Crippen molar-refractivity contribution in [3.05, 3.63) is 59.4 Å². The number of hydrogen-bond acceptors (Lipinski definition) is 5. The van der Waals surface area contributed by atoms with Crippen LogP contribution in [0.1, 0.15) is 24.8 Å². The predicted molar refractivity (Wildman–Crippen MR) is 102 cm³/mol. The van der Waals surface area contributed by atoms with E-state index in [2.05, 4.69) is 4.85 Å². The summed E-state index contributed by atoms with van der Waals surface area (Å²) in [5, 5.41) is 10.1. The third kappa shape index (κ3) is 5.31. The Balaban J connectivity index is 1.75. The summed E-state index contributed by atoms with van der Waals surface area (Å²) in [6.07, 6.45) is 2.79. The van der Waals surface area contributed by atoms with E-state index in [4.69, 9.17) is 25.4 Å². The Bertz CT molecular complexity index is 784. The van der Waals surface area contributed by atoms with Gasteiger partial charge in [0, 0.05) is 13.7 Å². The number of nitrogens with zero attached hydrogens (tertiary/aromatic N) is 1. The summed E-state index contributed by atoms with van der Waals surface area (Å²) in [5.41, 5.74) is 1.96. The van der Waals surface area contributed by atoms with Crippen molar-refractivity contribution in [2.45, 2.75) is 32.2 Å². The van der Waals surface area contributed by atoms with Crippen molar-refractivity contribution < 1.29 is 23.9 Å². The summed E-state index contributed by atoms with van der Waals surface area (Å²) in [6, 6.07) is 12.3. The lowest BCUT2D eigenvalue weighted by molar-refractivity contribution is -0.168. The van der Waals surface area contributed by atoms with Crippen molar-refractivity contribution in [2.24, 2.45) is 0 Å². The topological polar surface area (TPSA) is 61.5 Å². The van der Waals surface area contributed by atoms with Gasteiger partial charge >= 0.3 is 7.12 Å². The maximum atomic E-state index is 10.1. The zero-order valence-corrected chi connectivity index (χ0v) is 15.3. The van der Waals surface area contributed by atoms with E-state index >= 15 is 0 Å². The number of ether oxygens (including phenoxy) is 3. The smallest absolute Gasteiger partial charge is 0.457 e. The SMILES string of the molecule is [C-]#[N+]c1ccc(Oc2ccc(B(O)OC)c(COC3CCCCO3)c2)cc1. The predicted octanol–water partition coefficient (Wildman–Crippen LogP) is 3.41. The lowest BCUT2D eigenvalue weighted by Gasteiger charge is -2.23. The van der Waals surface area contributed by atoms with Crippen LogP contribution in [0.4, 0.5) is 5.69 Å². The molecule has 7 heteroatoms. The molecule has 1 aliphatic rings. The van der Waals surface area contributed by atoms with E-state index in [0.29, 0.717) is 29.3 Å². The van der Waals surface area contributed by atoms with Gasteiger partial charge in [0.2, 0.25) is 0 Å². The van der Waals surface area contributed by atoms with Crippen LogP contribution >= 0.6 is 0 Å². The zero-order chi connectivity index (χ0) is 19.1. The number of rotatable bonds is 7. The van der Waals surface area contributed by atoms with Crippen LogP contribution in [0.3, 0.4) is 0 Å². The summed E-state index contributed by atoms with van der Waals surface area (Å²) >= 11 is 0. The molecule has 0 amide bonds. The van der Waals surface area contributed by atoms with Gasteiger partial charge in [-0.1, -0.05) is 18.2 Å². The van der Waals surface area contributed by atoms with Crippen LogP contribution in [0.2, 0.25) is 0 Å². The minimum atomic E-state index is -1.04. The second-order valence-electron chi connectivity index (χ2n) is 6.26. The van der Waals surface area contributed by atoms with Gasteiger partial charge in [0.1, 0.15) is 11.5 Å². The van der Waals surface area contributed by atoms with Gasteiger partial charge in [0.15, 0.2) is 12.0 Å². The van der Waals surface area contributed by atoms with E-state index in [0.717, 1.165) is 24.8 Å². The van der Waals surface area contributed by atoms with Gasteiger partial charge in [-0.15, -0.1) is 0 Å². The van der Waals surface area contributed by atoms with Crippen LogP contribution in [0, 0.1) is 6.57 Å². The van der Waals surface area contributed by atoms with Gasteiger partial charge < -0.3 is 23.9 Å². The molecule has 0 radical (unpaired) electrons. The first-order valence-corrected chi connectivity index (χ1v) is 8.92. The Morgan fingerprint density at radius 3 is 2.63 bits per heavy atom. The molecular formula is C20H22BNO5. The van der Waals surface area contributed by atoms with Gasteiger partial charge in [-0.2, -0.15) is 0 Å².